The number of hydrogen-bond donors (Lipinski definition) is 0. The second kappa shape index (κ2) is 5.35. The predicted octanol–water partition coefficient (Wildman–Crippen LogP) is 4.75. The number of halogens is 5. The third kappa shape index (κ3) is 2.82. The summed E-state index contributed by atoms with van der Waals surface area (Å²) >= 11 is 8.98. The molecular formula is C13H5BrClF3O. The first-order valence-corrected chi connectivity index (χ1v) is 6.21. The molecule has 0 amide bonds. The van der Waals surface area contributed by atoms with Gasteiger partial charge in [-0.25, -0.2) is 13.2 Å². The summed E-state index contributed by atoms with van der Waals surface area (Å²) in [4.78, 5) is 12.1. The van der Waals surface area contributed by atoms with Gasteiger partial charge in [-0.05, 0) is 24.3 Å². The van der Waals surface area contributed by atoms with Crippen LogP contribution in [-0.4, -0.2) is 5.78 Å². The quantitative estimate of drug-likeness (QED) is 0.565. The number of carbonyl (C=O) groups excluding carboxylic acids is 1. The third-order valence-corrected chi connectivity index (χ3v) is 3.25. The summed E-state index contributed by atoms with van der Waals surface area (Å²) in [5.74, 6) is -4.60. The molecule has 0 heterocycles. The first-order chi connectivity index (χ1) is 8.90. The highest BCUT2D eigenvalue weighted by molar-refractivity contribution is 9.10. The molecule has 19 heavy (non-hydrogen) atoms. The van der Waals surface area contributed by atoms with E-state index < -0.39 is 28.8 Å². The number of ketones is 1. The summed E-state index contributed by atoms with van der Waals surface area (Å²) in [6, 6.07) is 5.27. The topological polar surface area (TPSA) is 17.1 Å². The van der Waals surface area contributed by atoms with E-state index >= 15 is 0 Å². The lowest BCUT2D eigenvalue weighted by molar-refractivity contribution is 0.103. The molecule has 2 rings (SSSR count). The van der Waals surface area contributed by atoms with E-state index in [1.807, 2.05) is 0 Å². The highest BCUT2D eigenvalue weighted by Gasteiger charge is 2.20. The fourth-order valence-corrected chi connectivity index (χ4v) is 2.08. The molecular weight excluding hydrogens is 344 g/mol. The zero-order valence-electron chi connectivity index (χ0n) is 9.18. The van der Waals surface area contributed by atoms with Crippen LogP contribution in [0, 0.1) is 17.5 Å². The third-order valence-electron chi connectivity index (χ3n) is 2.43. The maximum absolute atomic E-state index is 13.5. The molecule has 0 saturated carbocycles. The highest BCUT2D eigenvalue weighted by atomic mass is 79.9. The van der Waals surface area contributed by atoms with Crippen molar-refractivity contribution >= 4 is 33.3 Å². The number of carbonyl (C=O) groups is 1. The monoisotopic (exact) mass is 348 g/mol. The molecule has 0 spiro atoms. The van der Waals surface area contributed by atoms with Crippen LogP contribution in [0.15, 0.2) is 34.8 Å². The standard InChI is InChI=1S/C13H5BrClF3O/c14-6-1-2-9(15)7(3-6)13(19)8-4-11(17)12(18)5-10(8)16/h1-5H. The summed E-state index contributed by atoms with van der Waals surface area (Å²) in [6.07, 6.45) is 0. The van der Waals surface area contributed by atoms with Crippen molar-refractivity contribution in [2.75, 3.05) is 0 Å². The minimum absolute atomic E-state index is 0.000879. The van der Waals surface area contributed by atoms with Crippen molar-refractivity contribution in [1.29, 1.82) is 0 Å². The molecule has 0 aliphatic heterocycles. The second-order valence-electron chi connectivity index (χ2n) is 3.70. The average Bonchev–Trinajstić information content (AvgIpc) is 2.36. The van der Waals surface area contributed by atoms with Crippen LogP contribution in [0.25, 0.3) is 0 Å². The Morgan fingerprint density at radius 1 is 0.947 bits per heavy atom. The molecule has 0 aliphatic rings. The lowest BCUT2D eigenvalue weighted by atomic mass is 10.0. The van der Waals surface area contributed by atoms with E-state index in [0.29, 0.717) is 16.6 Å². The van der Waals surface area contributed by atoms with Crippen LogP contribution in [-0.2, 0) is 0 Å². The summed E-state index contributed by atoms with van der Waals surface area (Å²) in [7, 11) is 0. The molecule has 0 saturated heterocycles. The second-order valence-corrected chi connectivity index (χ2v) is 5.02. The van der Waals surface area contributed by atoms with Crippen LogP contribution in [0.4, 0.5) is 13.2 Å². The van der Waals surface area contributed by atoms with Gasteiger partial charge in [0, 0.05) is 16.1 Å². The first kappa shape index (κ1) is 14.1. The van der Waals surface area contributed by atoms with Gasteiger partial charge < -0.3 is 0 Å². The van der Waals surface area contributed by atoms with E-state index in [-0.39, 0.29) is 10.6 Å². The van der Waals surface area contributed by atoms with Gasteiger partial charge in [-0.3, -0.25) is 4.79 Å². The molecule has 0 aromatic heterocycles. The average molecular weight is 350 g/mol. The van der Waals surface area contributed by atoms with Gasteiger partial charge in [-0.15, -0.1) is 0 Å². The fraction of sp³-hybridized carbons (Fsp3) is 0. The smallest absolute Gasteiger partial charge is 0.197 e. The van der Waals surface area contributed by atoms with Crippen LogP contribution >= 0.6 is 27.5 Å². The van der Waals surface area contributed by atoms with Gasteiger partial charge in [0.25, 0.3) is 0 Å². The van der Waals surface area contributed by atoms with Crippen molar-refractivity contribution < 1.29 is 18.0 Å². The molecule has 2 aromatic carbocycles. The fourth-order valence-electron chi connectivity index (χ4n) is 1.51. The molecule has 0 bridgehead atoms. The van der Waals surface area contributed by atoms with Gasteiger partial charge in [0.15, 0.2) is 17.4 Å². The van der Waals surface area contributed by atoms with E-state index in [9.17, 15) is 18.0 Å². The Kier molecular flexibility index (Phi) is 3.96. The first-order valence-electron chi connectivity index (χ1n) is 5.04. The Morgan fingerprint density at radius 3 is 2.26 bits per heavy atom. The Morgan fingerprint density at radius 2 is 1.58 bits per heavy atom. The van der Waals surface area contributed by atoms with E-state index in [0.717, 1.165) is 0 Å². The summed E-state index contributed by atoms with van der Waals surface area (Å²) in [6.45, 7) is 0. The molecule has 2 aromatic rings. The maximum Gasteiger partial charge on any atom is 0.197 e. The number of hydrogen-bond acceptors (Lipinski definition) is 1. The highest BCUT2D eigenvalue weighted by Crippen LogP contribution is 2.25. The zero-order valence-corrected chi connectivity index (χ0v) is 11.5. The van der Waals surface area contributed by atoms with Gasteiger partial charge in [0.1, 0.15) is 5.82 Å². The van der Waals surface area contributed by atoms with Gasteiger partial charge in [0.2, 0.25) is 0 Å². The summed E-state index contributed by atoms with van der Waals surface area (Å²) in [5.41, 5.74) is -0.570. The Labute approximate surface area is 120 Å². The SMILES string of the molecule is O=C(c1cc(F)c(F)cc1F)c1cc(Br)ccc1Cl. The lowest BCUT2D eigenvalue weighted by Gasteiger charge is -2.06. The van der Waals surface area contributed by atoms with E-state index in [1.54, 1.807) is 6.07 Å². The maximum atomic E-state index is 13.5. The molecule has 0 unspecified atom stereocenters. The minimum atomic E-state index is -1.35. The van der Waals surface area contributed by atoms with Crippen molar-refractivity contribution in [3.05, 3.63) is 68.4 Å². The number of rotatable bonds is 2. The van der Waals surface area contributed by atoms with Crippen molar-refractivity contribution in [3.8, 4) is 0 Å². The van der Waals surface area contributed by atoms with Gasteiger partial charge in [-0.1, -0.05) is 27.5 Å². The van der Waals surface area contributed by atoms with Crippen LogP contribution in [0.1, 0.15) is 15.9 Å². The van der Waals surface area contributed by atoms with Gasteiger partial charge in [0.05, 0.1) is 10.6 Å². The number of benzene rings is 2. The van der Waals surface area contributed by atoms with Gasteiger partial charge in [-0.2, -0.15) is 0 Å². The Balaban J connectivity index is 2.56. The lowest BCUT2D eigenvalue weighted by Crippen LogP contribution is -2.07. The van der Waals surface area contributed by atoms with Crippen LogP contribution in [0.2, 0.25) is 5.02 Å². The van der Waals surface area contributed by atoms with Crippen molar-refractivity contribution in [1.82, 2.24) is 0 Å². The molecule has 98 valence electrons. The molecule has 1 nitrogen and oxygen atoms in total. The Bertz CT molecular complexity index is 673. The van der Waals surface area contributed by atoms with Crippen molar-refractivity contribution in [2.24, 2.45) is 0 Å². The van der Waals surface area contributed by atoms with Crippen molar-refractivity contribution in [3.63, 3.8) is 0 Å². The molecule has 0 radical (unpaired) electrons. The molecule has 0 aliphatic carbocycles. The summed E-state index contributed by atoms with van der Waals surface area (Å²) in [5, 5.41) is 0.0948. The molecule has 0 N–H and O–H groups in total. The predicted molar refractivity (Wildman–Crippen MR) is 68.9 cm³/mol. The summed E-state index contributed by atoms with van der Waals surface area (Å²) < 4.78 is 40.0. The molecule has 6 heteroatoms. The molecule has 0 atom stereocenters. The van der Waals surface area contributed by atoms with Crippen molar-refractivity contribution in [2.45, 2.75) is 0 Å². The van der Waals surface area contributed by atoms with Crippen LogP contribution < -0.4 is 0 Å². The van der Waals surface area contributed by atoms with E-state index in [1.165, 1.54) is 12.1 Å². The molecule has 0 fully saturated rings. The van der Waals surface area contributed by atoms with E-state index in [2.05, 4.69) is 15.9 Å². The normalized spacial score (nSPS) is 10.6. The largest absolute Gasteiger partial charge is 0.288 e. The Hall–Kier alpha value is -1.33. The van der Waals surface area contributed by atoms with Gasteiger partial charge >= 0.3 is 0 Å². The zero-order chi connectivity index (χ0) is 14.2. The minimum Gasteiger partial charge on any atom is -0.288 e. The van der Waals surface area contributed by atoms with Crippen LogP contribution in [0.5, 0.6) is 0 Å². The van der Waals surface area contributed by atoms with Crippen LogP contribution in [0.3, 0.4) is 0 Å². The van der Waals surface area contributed by atoms with E-state index in [4.69, 9.17) is 11.6 Å².